The molecule has 1 amide bonds. The van der Waals surface area contributed by atoms with E-state index in [9.17, 15) is 4.79 Å². The van der Waals surface area contributed by atoms with Crippen LogP contribution in [-0.4, -0.2) is 27.8 Å². The highest BCUT2D eigenvalue weighted by Crippen LogP contribution is 2.35. The van der Waals surface area contributed by atoms with Crippen LogP contribution in [0.4, 0.5) is 0 Å². The van der Waals surface area contributed by atoms with Gasteiger partial charge in [0, 0.05) is 23.4 Å². The highest BCUT2D eigenvalue weighted by Gasteiger charge is 2.39. The monoisotopic (exact) mass is 351 g/mol. The van der Waals surface area contributed by atoms with Gasteiger partial charge in [0.25, 0.3) is 0 Å². The highest BCUT2D eigenvalue weighted by molar-refractivity contribution is 14.1. The molecule has 0 bridgehead atoms. The SMILES string of the molecule is CC(C)(C)CCC(=O)N1CC(C)(C)CC1CI. The van der Waals surface area contributed by atoms with Crippen molar-refractivity contribution in [2.45, 2.75) is 59.9 Å². The summed E-state index contributed by atoms with van der Waals surface area (Å²) in [6.07, 6.45) is 2.83. The molecule has 0 spiro atoms. The Morgan fingerprint density at radius 2 is 2.00 bits per heavy atom. The van der Waals surface area contributed by atoms with Crippen LogP contribution >= 0.6 is 22.6 Å². The second-order valence-electron chi connectivity index (χ2n) is 7.26. The first-order valence-electron chi connectivity index (χ1n) is 6.50. The summed E-state index contributed by atoms with van der Waals surface area (Å²) in [5.41, 5.74) is 0.554. The van der Waals surface area contributed by atoms with E-state index in [1.165, 1.54) is 0 Å². The lowest BCUT2D eigenvalue weighted by molar-refractivity contribution is -0.132. The summed E-state index contributed by atoms with van der Waals surface area (Å²) in [5.74, 6) is 0.354. The number of rotatable bonds is 3. The molecule has 1 atom stereocenters. The van der Waals surface area contributed by atoms with Crippen LogP contribution in [0.25, 0.3) is 0 Å². The fourth-order valence-corrected chi connectivity index (χ4v) is 3.24. The van der Waals surface area contributed by atoms with Crippen molar-refractivity contribution in [2.75, 3.05) is 11.0 Å². The molecule has 0 radical (unpaired) electrons. The van der Waals surface area contributed by atoms with Crippen LogP contribution in [0.5, 0.6) is 0 Å². The van der Waals surface area contributed by atoms with Crippen LogP contribution in [0.15, 0.2) is 0 Å². The van der Waals surface area contributed by atoms with Crippen molar-refractivity contribution >= 4 is 28.5 Å². The summed E-state index contributed by atoms with van der Waals surface area (Å²) in [6.45, 7) is 12.1. The van der Waals surface area contributed by atoms with Gasteiger partial charge in [0.15, 0.2) is 0 Å². The van der Waals surface area contributed by atoms with Gasteiger partial charge in [-0.05, 0) is 23.7 Å². The predicted molar refractivity (Wildman–Crippen MR) is 81.5 cm³/mol. The zero-order valence-electron chi connectivity index (χ0n) is 11.8. The second kappa shape index (κ2) is 5.45. The van der Waals surface area contributed by atoms with Gasteiger partial charge in [-0.25, -0.2) is 0 Å². The number of alkyl halides is 1. The molecule has 1 fully saturated rings. The third-order valence-corrected chi connectivity index (χ3v) is 4.43. The fraction of sp³-hybridized carbons (Fsp3) is 0.929. The third kappa shape index (κ3) is 4.76. The number of carbonyl (C=O) groups is 1. The Morgan fingerprint density at radius 3 is 2.47 bits per heavy atom. The maximum absolute atomic E-state index is 12.3. The first kappa shape index (κ1) is 15.3. The van der Waals surface area contributed by atoms with Crippen LogP contribution < -0.4 is 0 Å². The molecule has 1 heterocycles. The molecule has 0 aromatic rings. The number of likely N-dealkylation sites (tertiary alicyclic amines) is 1. The number of halogens is 1. The van der Waals surface area contributed by atoms with E-state index in [0.717, 1.165) is 23.8 Å². The maximum atomic E-state index is 12.3. The van der Waals surface area contributed by atoms with Crippen molar-refractivity contribution in [3.63, 3.8) is 0 Å². The summed E-state index contributed by atoms with van der Waals surface area (Å²) < 4.78 is 1.06. The summed E-state index contributed by atoms with van der Waals surface area (Å²) in [6, 6.07) is 0.457. The van der Waals surface area contributed by atoms with Crippen LogP contribution in [-0.2, 0) is 4.79 Å². The fourth-order valence-electron chi connectivity index (χ4n) is 2.46. The van der Waals surface area contributed by atoms with Gasteiger partial charge in [-0.1, -0.05) is 57.2 Å². The van der Waals surface area contributed by atoms with Crippen molar-refractivity contribution in [3.05, 3.63) is 0 Å². The van der Waals surface area contributed by atoms with Gasteiger partial charge in [0.05, 0.1) is 0 Å². The minimum absolute atomic E-state index is 0.255. The number of nitrogens with zero attached hydrogens (tertiary/aromatic N) is 1. The van der Waals surface area contributed by atoms with Gasteiger partial charge >= 0.3 is 0 Å². The van der Waals surface area contributed by atoms with Gasteiger partial charge < -0.3 is 4.90 Å². The molecule has 100 valence electrons. The number of hydrogen-bond acceptors (Lipinski definition) is 1. The highest BCUT2D eigenvalue weighted by atomic mass is 127. The van der Waals surface area contributed by atoms with Crippen LogP contribution in [0.1, 0.15) is 53.9 Å². The van der Waals surface area contributed by atoms with Crippen LogP contribution in [0, 0.1) is 10.8 Å². The second-order valence-corrected chi connectivity index (χ2v) is 8.14. The molecule has 1 aliphatic rings. The molecule has 0 aromatic heterocycles. The van der Waals surface area contributed by atoms with E-state index in [4.69, 9.17) is 0 Å². The summed E-state index contributed by atoms with van der Waals surface area (Å²) in [5, 5.41) is 0. The van der Waals surface area contributed by atoms with E-state index in [2.05, 4.69) is 62.1 Å². The first-order valence-corrected chi connectivity index (χ1v) is 8.03. The molecule has 0 N–H and O–H groups in total. The summed E-state index contributed by atoms with van der Waals surface area (Å²) >= 11 is 2.41. The van der Waals surface area contributed by atoms with Crippen molar-refractivity contribution < 1.29 is 4.79 Å². The van der Waals surface area contributed by atoms with Crippen molar-refractivity contribution in [1.29, 1.82) is 0 Å². The molecule has 1 aliphatic heterocycles. The van der Waals surface area contributed by atoms with Gasteiger partial charge in [0.1, 0.15) is 0 Å². The van der Waals surface area contributed by atoms with Crippen molar-refractivity contribution in [2.24, 2.45) is 10.8 Å². The van der Waals surface area contributed by atoms with E-state index in [-0.39, 0.29) is 5.41 Å². The zero-order chi connectivity index (χ0) is 13.3. The average Bonchev–Trinajstić information content (AvgIpc) is 2.49. The third-order valence-electron chi connectivity index (χ3n) is 3.41. The minimum atomic E-state index is 0.255. The average molecular weight is 351 g/mol. The standard InChI is InChI=1S/C14H26INO/c1-13(2,3)7-6-12(17)16-10-14(4,5)8-11(16)9-15/h11H,6-10H2,1-5H3. The van der Waals surface area contributed by atoms with Gasteiger partial charge in [-0.15, -0.1) is 0 Å². The van der Waals surface area contributed by atoms with Crippen molar-refractivity contribution in [3.8, 4) is 0 Å². The molecule has 3 heteroatoms. The molecular formula is C14H26INO. The Kier molecular flexibility index (Phi) is 4.89. The Balaban J connectivity index is 2.57. The Morgan fingerprint density at radius 1 is 1.41 bits per heavy atom. The molecule has 2 nitrogen and oxygen atoms in total. The molecule has 0 saturated carbocycles. The first-order chi connectivity index (χ1) is 7.64. The molecule has 1 unspecified atom stereocenters. The maximum Gasteiger partial charge on any atom is 0.222 e. The number of amides is 1. The number of hydrogen-bond donors (Lipinski definition) is 0. The molecule has 1 rings (SSSR count). The largest absolute Gasteiger partial charge is 0.338 e. The van der Waals surface area contributed by atoms with Crippen LogP contribution in [0.2, 0.25) is 0 Å². The predicted octanol–water partition coefficient (Wildman–Crippen LogP) is 3.87. The van der Waals surface area contributed by atoms with E-state index >= 15 is 0 Å². The van der Waals surface area contributed by atoms with E-state index in [1.807, 2.05) is 0 Å². The molecule has 0 aliphatic carbocycles. The summed E-state index contributed by atoms with van der Waals surface area (Å²) in [4.78, 5) is 14.4. The molecule has 1 saturated heterocycles. The van der Waals surface area contributed by atoms with Gasteiger partial charge in [-0.3, -0.25) is 4.79 Å². The van der Waals surface area contributed by atoms with Crippen LogP contribution in [0.3, 0.4) is 0 Å². The summed E-state index contributed by atoms with van der Waals surface area (Å²) in [7, 11) is 0. The minimum Gasteiger partial charge on any atom is -0.338 e. The zero-order valence-corrected chi connectivity index (χ0v) is 14.0. The quantitative estimate of drug-likeness (QED) is 0.558. The van der Waals surface area contributed by atoms with E-state index < -0.39 is 0 Å². The van der Waals surface area contributed by atoms with Gasteiger partial charge in [-0.2, -0.15) is 0 Å². The van der Waals surface area contributed by atoms with Crippen molar-refractivity contribution in [1.82, 2.24) is 4.90 Å². The Labute approximate surface area is 120 Å². The lowest BCUT2D eigenvalue weighted by Crippen LogP contribution is -2.37. The molecule has 17 heavy (non-hydrogen) atoms. The van der Waals surface area contributed by atoms with E-state index in [1.54, 1.807) is 0 Å². The topological polar surface area (TPSA) is 20.3 Å². The Bertz CT molecular complexity index is 280. The number of carbonyl (C=O) groups excluding carboxylic acids is 1. The lowest BCUT2D eigenvalue weighted by atomic mass is 9.90. The van der Waals surface area contributed by atoms with Gasteiger partial charge in [0.2, 0.25) is 5.91 Å². The molecule has 0 aromatic carbocycles. The normalized spacial score (nSPS) is 24.1. The smallest absolute Gasteiger partial charge is 0.222 e. The lowest BCUT2D eigenvalue weighted by Gasteiger charge is -2.25. The van der Waals surface area contributed by atoms with E-state index in [0.29, 0.717) is 23.8 Å². The Hall–Kier alpha value is 0.200. The molecular weight excluding hydrogens is 325 g/mol.